The van der Waals surface area contributed by atoms with Gasteiger partial charge in [-0.15, -0.1) is 0 Å². The third kappa shape index (κ3) is 4.46. The predicted molar refractivity (Wildman–Crippen MR) is 84.8 cm³/mol. The number of aryl methyl sites for hydroxylation is 1. The highest BCUT2D eigenvalue weighted by Crippen LogP contribution is 2.29. The monoisotopic (exact) mass is 330 g/mol. The van der Waals surface area contributed by atoms with E-state index in [4.69, 9.17) is 5.26 Å². The Labute approximate surface area is 137 Å². The SMILES string of the molecule is Cc1ccc(NC(=O)/C(C#N)=C/c2ccc(C(F)(F)F)cc2)cc1. The summed E-state index contributed by atoms with van der Waals surface area (Å²) in [6.45, 7) is 1.90. The molecule has 0 unspecified atom stereocenters. The van der Waals surface area contributed by atoms with E-state index in [9.17, 15) is 18.0 Å². The summed E-state index contributed by atoms with van der Waals surface area (Å²) >= 11 is 0. The van der Waals surface area contributed by atoms with Gasteiger partial charge in [-0.1, -0.05) is 29.8 Å². The van der Waals surface area contributed by atoms with Crippen LogP contribution in [0, 0.1) is 18.3 Å². The zero-order chi connectivity index (χ0) is 17.7. The Hall–Kier alpha value is -3.07. The van der Waals surface area contributed by atoms with Gasteiger partial charge in [0.2, 0.25) is 0 Å². The molecule has 0 heterocycles. The number of carbonyl (C=O) groups is 1. The fourth-order valence-corrected chi connectivity index (χ4v) is 1.92. The van der Waals surface area contributed by atoms with Gasteiger partial charge in [0.1, 0.15) is 11.6 Å². The summed E-state index contributed by atoms with van der Waals surface area (Å²) in [5.74, 6) is -0.624. The average Bonchev–Trinajstić information content (AvgIpc) is 2.54. The topological polar surface area (TPSA) is 52.9 Å². The smallest absolute Gasteiger partial charge is 0.321 e. The van der Waals surface area contributed by atoms with Crippen molar-refractivity contribution in [2.45, 2.75) is 13.1 Å². The van der Waals surface area contributed by atoms with E-state index in [1.54, 1.807) is 30.3 Å². The Morgan fingerprint density at radius 2 is 1.67 bits per heavy atom. The molecule has 0 radical (unpaired) electrons. The summed E-state index contributed by atoms with van der Waals surface area (Å²) in [7, 11) is 0. The maximum Gasteiger partial charge on any atom is 0.416 e. The van der Waals surface area contributed by atoms with Crippen LogP contribution in [0.3, 0.4) is 0 Å². The van der Waals surface area contributed by atoms with Crippen LogP contribution >= 0.6 is 0 Å². The van der Waals surface area contributed by atoms with Crippen molar-refractivity contribution >= 4 is 17.7 Å². The molecule has 0 aromatic heterocycles. The third-order valence-electron chi connectivity index (χ3n) is 3.22. The van der Waals surface area contributed by atoms with Gasteiger partial charge in [-0.05, 0) is 42.8 Å². The molecular formula is C18H13F3N2O. The van der Waals surface area contributed by atoms with Crippen LogP contribution in [-0.4, -0.2) is 5.91 Å². The average molecular weight is 330 g/mol. The summed E-state index contributed by atoms with van der Waals surface area (Å²) < 4.78 is 37.5. The summed E-state index contributed by atoms with van der Waals surface area (Å²) in [5.41, 5.74) is 0.893. The number of anilines is 1. The number of rotatable bonds is 3. The molecule has 2 aromatic carbocycles. The molecular weight excluding hydrogens is 317 g/mol. The highest BCUT2D eigenvalue weighted by molar-refractivity contribution is 6.09. The Morgan fingerprint density at radius 1 is 1.08 bits per heavy atom. The van der Waals surface area contributed by atoms with Crippen LogP contribution in [0.5, 0.6) is 0 Å². The van der Waals surface area contributed by atoms with Gasteiger partial charge >= 0.3 is 6.18 Å². The molecule has 0 bridgehead atoms. The van der Waals surface area contributed by atoms with Crippen LogP contribution in [0.25, 0.3) is 6.08 Å². The first-order chi connectivity index (χ1) is 11.3. The molecule has 2 aromatic rings. The van der Waals surface area contributed by atoms with Crippen LogP contribution in [0.4, 0.5) is 18.9 Å². The van der Waals surface area contributed by atoms with Crippen LogP contribution in [-0.2, 0) is 11.0 Å². The fraction of sp³-hybridized carbons (Fsp3) is 0.111. The van der Waals surface area contributed by atoms with Gasteiger partial charge in [0.25, 0.3) is 5.91 Å². The molecule has 122 valence electrons. The van der Waals surface area contributed by atoms with E-state index < -0.39 is 17.6 Å². The number of alkyl halides is 3. The molecule has 0 saturated heterocycles. The lowest BCUT2D eigenvalue weighted by Gasteiger charge is -2.07. The number of nitrogens with zero attached hydrogens (tertiary/aromatic N) is 1. The van der Waals surface area contributed by atoms with Crippen molar-refractivity contribution in [1.82, 2.24) is 0 Å². The summed E-state index contributed by atoms with van der Waals surface area (Å²) in [6, 6.07) is 13.0. The highest BCUT2D eigenvalue weighted by atomic mass is 19.4. The normalized spacial score (nSPS) is 11.7. The van der Waals surface area contributed by atoms with Crippen molar-refractivity contribution < 1.29 is 18.0 Å². The van der Waals surface area contributed by atoms with Gasteiger partial charge in [0, 0.05) is 5.69 Å². The predicted octanol–water partition coefficient (Wildman–Crippen LogP) is 4.56. The Morgan fingerprint density at radius 3 is 2.17 bits per heavy atom. The van der Waals surface area contributed by atoms with Crippen molar-refractivity contribution in [3.05, 3.63) is 70.8 Å². The Kier molecular flexibility index (Phi) is 5.05. The van der Waals surface area contributed by atoms with Gasteiger partial charge in [-0.2, -0.15) is 18.4 Å². The molecule has 24 heavy (non-hydrogen) atoms. The second kappa shape index (κ2) is 7.01. The zero-order valence-electron chi connectivity index (χ0n) is 12.7. The summed E-state index contributed by atoms with van der Waals surface area (Å²) in [4.78, 5) is 12.1. The molecule has 0 saturated carbocycles. The number of amides is 1. The Balaban J connectivity index is 2.18. The summed E-state index contributed by atoms with van der Waals surface area (Å²) in [5, 5.41) is 11.7. The number of hydrogen-bond acceptors (Lipinski definition) is 2. The van der Waals surface area contributed by atoms with Crippen LogP contribution in [0.1, 0.15) is 16.7 Å². The molecule has 0 aliphatic carbocycles. The van der Waals surface area contributed by atoms with Crippen molar-refractivity contribution in [3.8, 4) is 6.07 Å². The summed E-state index contributed by atoms with van der Waals surface area (Å²) in [6.07, 6.45) is -3.19. The van der Waals surface area contributed by atoms with Gasteiger partial charge in [-0.3, -0.25) is 4.79 Å². The van der Waals surface area contributed by atoms with Crippen molar-refractivity contribution in [2.75, 3.05) is 5.32 Å². The number of nitrogens with one attached hydrogen (secondary N) is 1. The molecule has 6 heteroatoms. The van der Waals surface area contributed by atoms with Gasteiger partial charge < -0.3 is 5.32 Å². The molecule has 2 rings (SSSR count). The number of hydrogen-bond donors (Lipinski definition) is 1. The minimum atomic E-state index is -4.43. The minimum absolute atomic E-state index is 0.199. The van der Waals surface area contributed by atoms with Gasteiger partial charge in [0.15, 0.2) is 0 Å². The van der Waals surface area contributed by atoms with E-state index in [2.05, 4.69) is 5.32 Å². The number of benzene rings is 2. The van der Waals surface area contributed by atoms with Crippen molar-refractivity contribution in [3.63, 3.8) is 0 Å². The fourth-order valence-electron chi connectivity index (χ4n) is 1.92. The van der Waals surface area contributed by atoms with E-state index in [1.807, 2.05) is 6.92 Å². The first-order valence-corrected chi connectivity index (χ1v) is 6.96. The maximum absolute atomic E-state index is 12.5. The van der Waals surface area contributed by atoms with Gasteiger partial charge in [0.05, 0.1) is 5.56 Å². The second-order valence-electron chi connectivity index (χ2n) is 5.11. The number of nitriles is 1. The van der Waals surface area contributed by atoms with E-state index >= 15 is 0 Å². The zero-order valence-corrected chi connectivity index (χ0v) is 12.7. The first-order valence-electron chi connectivity index (χ1n) is 6.96. The standard InChI is InChI=1S/C18H13F3N2O/c1-12-2-8-16(9-3-12)23-17(24)14(11-22)10-13-4-6-15(7-5-13)18(19,20)21/h2-10H,1H3,(H,23,24)/b14-10+. The molecule has 1 amide bonds. The van der Waals surface area contributed by atoms with Crippen molar-refractivity contribution in [1.29, 1.82) is 5.26 Å². The molecule has 0 fully saturated rings. The minimum Gasteiger partial charge on any atom is -0.321 e. The lowest BCUT2D eigenvalue weighted by atomic mass is 10.1. The van der Waals surface area contributed by atoms with Gasteiger partial charge in [-0.25, -0.2) is 0 Å². The lowest BCUT2D eigenvalue weighted by molar-refractivity contribution is -0.137. The number of carbonyl (C=O) groups excluding carboxylic acids is 1. The maximum atomic E-state index is 12.5. The Bertz CT molecular complexity index is 798. The third-order valence-corrected chi connectivity index (χ3v) is 3.22. The van der Waals surface area contributed by atoms with E-state index in [-0.39, 0.29) is 5.57 Å². The quantitative estimate of drug-likeness (QED) is 0.662. The number of halogens is 3. The molecule has 1 N–H and O–H groups in total. The molecule has 0 spiro atoms. The molecule has 3 nitrogen and oxygen atoms in total. The highest BCUT2D eigenvalue weighted by Gasteiger charge is 2.29. The molecule has 0 atom stereocenters. The van der Waals surface area contributed by atoms with Crippen molar-refractivity contribution in [2.24, 2.45) is 0 Å². The lowest BCUT2D eigenvalue weighted by Crippen LogP contribution is -2.13. The second-order valence-corrected chi connectivity index (χ2v) is 5.11. The van der Waals surface area contributed by atoms with E-state index in [0.717, 1.165) is 17.7 Å². The van der Waals surface area contributed by atoms with E-state index in [0.29, 0.717) is 11.3 Å². The molecule has 0 aliphatic rings. The van der Waals surface area contributed by atoms with Crippen LogP contribution in [0.2, 0.25) is 0 Å². The van der Waals surface area contributed by atoms with E-state index in [1.165, 1.54) is 18.2 Å². The first kappa shape index (κ1) is 17.3. The largest absolute Gasteiger partial charge is 0.416 e. The molecule has 0 aliphatic heterocycles. The van der Waals surface area contributed by atoms with Crippen LogP contribution < -0.4 is 5.32 Å². The van der Waals surface area contributed by atoms with Crippen LogP contribution in [0.15, 0.2) is 54.1 Å².